The Labute approximate surface area is 151 Å². The first-order chi connectivity index (χ1) is 12.7. The SMILES string of the molecule is COC(=O)c1ccc2c(ccn2-c2ccc(OC3CCNCC3)cn2)c1. The van der Waals surface area contributed by atoms with Crippen LogP contribution in [0, 0.1) is 0 Å². The Morgan fingerprint density at radius 2 is 2.04 bits per heavy atom. The summed E-state index contributed by atoms with van der Waals surface area (Å²) in [6, 6.07) is 11.4. The minimum Gasteiger partial charge on any atom is -0.489 e. The van der Waals surface area contributed by atoms with Crippen molar-refractivity contribution >= 4 is 16.9 Å². The van der Waals surface area contributed by atoms with Crippen molar-refractivity contribution in [3.8, 4) is 11.6 Å². The number of aromatic nitrogens is 2. The highest BCUT2D eigenvalue weighted by Gasteiger charge is 2.15. The molecule has 0 amide bonds. The molecule has 2 aromatic heterocycles. The zero-order valence-electron chi connectivity index (χ0n) is 14.6. The molecule has 0 aliphatic carbocycles. The van der Waals surface area contributed by atoms with Gasteiger partial charge in [-0.3, -0.25) is 0 Å². The molecule has 1 aliphatic rings. The number of carbonyl (C=O) groups is 1. The summed E-state index contributed by atoms with van der Waals surface area (Å²) in [5.41, 5.74) is 1.52. The number of nitrogens with zero attached hydrogens (tertiary/aromatic N) is 2. The summed E-state index contributed by atoms with van der Waals surface area (Å²) < 4.78 is 12.8. The third kappa shape index (κ3) is 3.28. The molecule has 0 radical (unpaired) electrons. The fourth-order valence-corrected chi connectivity index (χ4v) is 3.28. The molecule has 26 heavy (non-hydrogen) atoms. The van der Waals surface area contributed by atoms with E-state index in [2.05, 4.69) is 10.3 Å². The lowest BCUT2D eigenvalue weighted by Crippen LogP contribution is -2.34. The first kappa shape index (κ1) is 16.6. The highest BCUT2D eigenvalue weighted by molar-refractivity contribution is 5.95. The van der Waals surface area contributed by atoms with Gasteiger partial charge in [0.15, 0.2) is 0 Å². The van der Waals surface area contributed by atoms with E-state index in [0.29, 0.717) is 5.56 Å². The predicted octanol–water partition coefficient (Wildman–Crippen LogP) is 2.94. The molecule has 1 saturated heterocycles. The minimum atomic E-state index is -0.336. The fourth-order valence-electron chi connectivity index (χ4n) is 3.28. The van der Waals surface area contributed by atoms with E-state index in [1.54, 1.807) is 12.3 Å². The molecule has 0 bridgehead atoms. The summed E-state index contributed by atoms with van der Waals surface area (Å²) in [5, 5.41) is 4.29. The van der Waals surface area contributed by atoms with E-state index in [1.165, 1.54) is 7.11 Å². The van der Waals surface area contributed by atoms with Gasteiger partial charge in [-0.05, 0) is 62.3 Å². The summed E-state index contributed by atoms with van der Waals surface area (Å²) in [6.07, 6.45) is 6.01. The van der Waals surface area contributed by atoms with Crippen molar-refractivity contribution in [3.63, 3.8) is 0 Å². The van der Waals surface area contributed by atoms with Gasteiger partial charge in [0.25, 0.3) is 0 Å². The van der Waals surface area contributed by atoms with Crippen molar-refractivity contribution in [2.24, 2.45) is 0 Å². The molecule has 0 unspecified atom stereocenters. The van der Waals surface area contributed by atoms with Gasteiger partial charge in [-0.25, -0.2) is 9.78 Å². The maximum atomic E-state index is 11.7. The first-order valence-corrected chi connectivity index (χ1v) is 8.78. The van der Waals surface area contributed by atoms with Gasteiger partial charge in [0, 0.05) is 11.6 Å². The molecule has 0 spiro atoms. The van der Waals surface area contributed by atoms with Gasteiger partial charge in [0.2, 0.25) is 0 Å². The van der Waals surface area contributed by atoms with Gasteiger partial charge in [-0.1, -0.05) is 0 Å². The standard InChI is InChI=1S/C20H21N3O3/c1-25-20(24)15-2-4-18-14(12-15)8-11-23(18)19-5-3-17(13-22-19)26-16-6-9-21-10-7-16/h2-5,8,11-13,16,21H,6-7,9-10H2,1H3. The van der Waals surface area contributed by atoms with Crippen LogP contribution in [0.2, 0.25) is 0 Å². The van der Waals surface area contributed by atoms with Crippen LogP contribution in [0.15, 0.2) is 48.8 Å². The van der Waals surface area contributed by atoms with Crippen molar-refractivity contribution in [1.82, 2.24) is 14.9 Å². The molecule has 6 heteroatoms. The van der Waals surface area contributed by atoms with Crippen molar-refractivity contribution < 1.29 is 14.3 Å². The van der Waals surface area contributed by atoms with Crippen LogP contribution in [-0.2, 0) is 4.74 Å². The lowest BCUT2D eigenvalue weighted by Gasteiger charge is -2.23. The number of benzene rings is 1. The molecule has 3 aromatic rings. The molecule has 1 aromatic carbocycles. The number of ether oxygens (including phenoxy) is 2. The van der Waals surface area contributed by atoms with Crippen LogP contribution < -0.4 is 10.1 Å². The van der Waals surface area contributed by atoms with E-state index >= 15 is 0 Å². The Morgan fingerprint density at radius 1 is 1.19 bits per heavy atom. The van der Waals surface area contributed by atoms with Crippen LogP contribution in [-0.4, -0.2) is 41.8 Å². The number of piperidine rings is 1. The van der Waals surface area contributed by atoms with E-state index in [1.807, 2.05) is 41.1 Å². The number of fused-ring (bicyclic) bond motifs is 1. The van der Waals surface area contributed by atoms with Crippen LogP contribution in [0.25, 0.3) is 16.7 Å². The maximum absolute atomic E-state index is 11.7. The molecule has 0 atom stereocenters. The second-order valence-corrected chi connectivity index (χ2v) is 6.37. The monoisotopic (exact) mass is 351 g/mol. The van der Waals surface area contributed by atoms with Crippen LogP contribution in [0.4, 0.5) is 0 Å². The number of hydrogen-bond acceptors (Lipinski definition) is 5. The van der Waals surface area contributed by atoms with Gasteiger partial charge in [0.05, 0.1) is 24.4 Å². The molecule has 1 N–H and O–H groups in total. The smallest absolute Gasteiger partial charge is 0.337 e. The molecule has 6 nitrogen and oxygen atoms in total. The van der Waals surface area contributed by atoms with Gasteiger partial charge in [0.1, 0.15) is 17.7 Å². The number of esters is 1. The third-order valence-corrected chi connectivity index (χ3v) is 4.67. The van der Waals surface area contributed by atoms with Crippen molar-refractivity contribution in [1.29, 1.82) is 0 Å². The average Bonchev–Trinajstić information content (AvgIpc) is 3.12. The lowest BCUT2D eigenvalue weighted by atomic mass is 10.1. The van der Waals surface area contributed by atoms with E-state index in [9.17, 15) is 4.79 Å². The van der Waals surface area contributed by atoms with Crippen molar-refractivity contribution in [3.05, 3.63) is 54.4 Å². The summed E-state index contributed by atoms with van der Waals surface area (Å²) in [4.78, 5) is 16.2. The summed E-state index contributed by atoms with van der Waals surface area (Å²) in [5.74, 6) is 1.27. The van der Waals surface area contributed by atoms with Crippen LogP contribution in [0.5, 0.6) is 5.75 Å². The van der Waals surface area contributed by atoms with E-state index < -0.39 is 0 Å². The minimum absolute atomic E-state index is 0.257. The predicted molar refractivity (Wildman–Crippen MR) is 98.9 cm³/mol. The highest BCUT2D eigenvalue weighted by atomic mass is 16.5. The molecular weight excluding hydrogens is 330 g/mol. The number of methoxy groups -OCH3 is 1. The number of rotatable bonds is 4. The molecule has 1 aliphatic heterocycles. The Morgan fingerprint density at radius 3 is 2.77 bits per heavy atom. The quantitative estimate of drug-likeness (QED) is 0.732. The summed E-state index contributed by atoms with van der Waals surface area (Å²) in [7, 11) is 1.38. The lowest BCUT2D eigenvalue weighted by molar-refractivity contribution is 0.0601. The summed E-state index contributed by atoms with van der Waals surface area (Å²) >= 11 is 0. The molecule has 134 valence electrons. The van der Waals surface area contributed by atoms with Gasteiger partial charge in [-0.2, -0.15) is 0 Å². The number of hydrogen-bond donors (Lipinski definition) is 1. The van der Waals surface area contributed by atoms with Gasteiger partial charge >= 0.3 is 5.97 Å². The first-order valence-electron chi connectivity index (χ1n) is 8.78. The van der Waals surface area contributed by atoms with Crippen molar-refractivity contribution in [2.75, 3.05) is 20.2 Å². The Bertz CT molecular complexity index is 912. The molecule has 3 heterocycles. The van der Waals surface area contributed by atoms with Crippen LogP contribution in [0.1, 0.15) is 23.2 Å². The van der Waals surface area contributed by atoms with Crippen LogP contribution in [0.3, 0.4) is 0 Å². The maximum Gasteiger partial charge on any atom is 0.337 e. The molecule has 0 saturated carbocycles. The molecule has 1 fully saturated rings. The third-order valence-electron chi connectivity index (χ3n) is 4.67. The highest BCUT2D eigenvalue weighted by Crippen LogP contribution is 2.23. The summed E-state index contributed by atoms with van der Waals surface area (Å²) in [6.45, 7) is 2.00. The Kier molecular flexibility index (Phi) is 4.58. The second-order valence-electron chi connectivity index (χ2n) is 6.37. The van der Waals surface area contributed by atoms with Gasteiger partial charge < -0.3 is 19.4 Å². The fraction of sp³-hybridized carbons (Fsp3) is 0.300. The largest absolute Gasteiger partial charge is 0.489 e. The normalized spacial score (nSPS) is 15.1. The van der Waals surface area contributed by atoms with E-state index in [0.717, 1.165) is 48.4 Å². The van der Waals surface area contributed by atoms with Crippen molar-refractivity contribution in [2.45, 2.75) is 18.9 Å². The number of carbonyl (C=O) groups excluding carboxylic acids is 1. The Hall–Kier alpha value is -2.86. The van der Waals surface area contributed by atoms with E-state index in [-0.39, 0.29) is 12.1 Å². The Balaban J connectivity index is 1.56. The van der Waals surface area contributed by atoms with Crippen LogP contribution >= 0.6 is 0 Å². The van der Waals surface area contributed by atoms with Gasteiger partial charge in [-0.15, -0.1) is 0 Å². The van der Waals surface area contributed by atoms with E-state index in [4.69, 9.17) is 9.47 Å². The molecular formula is C20H21N3O3. The molecule has 4 rings (SSSR count). The topological polar surface area (TPSA) is 65.4 Å². The number of nitrogens with one attached hydrogen (secondary N) is 1. The zero-order valence-corrected chi connectivity index (χ0v) is 14.6. The number of pyridine rings is 1. The average molecular weight is 351 g/mol. The second kappa shape index (κ2) is 7.17. The zero-order chi connectivity index (χ0) is 17.9.